The lowest BCUT2D eigenvalue weighted by Gasteiger charge is -2.44. The molecule has 2 nitrogen and oxygen atoms in total. The van der Waals surface area contributed by atoms with Crippen LogP contribution in [-0.4, -0.2) is 30.6 Å². The molecular weight excluding hydrogens is 282 g/mol. The summed E-state index contributed by atoms with van der Waals surface area (Å²) in [7, 11) is 0. The minimum Gasteiger partial charge on any atom is -0.489 e. The molecule has 3 aliphatic rings. The van der Waals surface area contributed by atoms with Crippen LogP contribution in [0.2, 0.25) is 0 Å². The molecule has 2 bridgehead atoms. The third-order valence-corrected chi connectivity index (χ3v) is 5.03. The highest BCUT2D eigenvalue weighted by Crippen LogP contribution is 2.30. The van der Waals surface area contributed by atoms with Crippen molar-refractivity contribution in [2.45, 2.75) is 18.9 Å². The maximum atomic E-state index is 6.24. The molecule has 23 heavy (non-hydrogen) atoms. The lowest BCUT2D eigenvalue weighted by molar-refractivity contribution is -0.00775. The molecule has 0 radical (unpaired) electrons. The fraction of sp³-hybridized carbons (Fsp3) is 0.333. The van der Waals surface area contributed by atoms with Gasteiger partial charge in [0.05, 0.1) is 0 Å². The van der Waals surface area contributed by atoms with Gasteiger partial charge in [0.1, 0.15) is 11.9 Å². The second-order valence-electron chi connectivity index (χ2n) is 6.61. The van der Waals surface area contributed by atoms with Crippen molar-refractivity contribution in [3.05, 3.63) is 65.7 Å². The maximum Gasteiger partial charge on any atom is 0.119 e. The summed E-state index contributed by atoms with van der Waals surface area (Å²) in [6.07, 6.45) is 7.25. The van der Waals surface area contributed by atoms with Crippen molar-refractivity contribution >= 4 is 12.2 Å². The number of hydrogen-bond acceptors (Lipinski definition) is 2. The van der Waals surface area contributed by atoms with Crippen LogP contribution >= 0.6 is 0 Å². The molecule has 1 atom stereocenters. The molecule has 118 valence electrons. The highest BCUT2D eigenvalue weighted by Gasteiger charge is 2.35. The Morgan fingerprint density at radius 3 is 2.09 bits per heavy atom. The fourth-order valence-electron chi connectivity index (χ4n) is 3.63. The van der Waals surface area contributed by atoms with E-state index in [4.69, 9.17) is 4.74 Å². The number of ether oxygens (including phenoxy) is 1. The van der Waals surface area contributed by atoms with E-state index in [2.05, 4.69) is 65.6 Å². The Balaban J connectivity index is 1.39. The Morgan fingerprint density at radius 1 is 0.826 bits per heavy atom. The normalized spacial score (nSPS) is 26.5. The smallest absolute Gasteiger partial charge is 0.119 e. The van der Waals surface area contributed by atoms with Gasteiger partial charge in [-0.05, 0) is 55.1 Å². The number of hydrogen-bond donors (Lipinski definition) is 0. The fourth-order valence-corrected chi connectivity index (χ4v) is 3.63. The van der Waals surface area contributed by atoms with Crippen molar-refractivity contribution in [2.24, 2.45) is 5.92 Å². The van der Waals surface area contributed by atoms with Gasteiger partial charge in [0.25, 0.3) is 0 Å². The average molecular weight is 305 g/mol. The zero-order valence-electron chi connectivity index (χ0n) is 13.4. The second-order valence-corrected chi connectivity index (χ2v) is 6.61. The SMILES string of the molecule is C(=C\c1ccc(OC2CN3CCC2CC3)cc1)/c1ccccc1. The van der Waals surface area contributed by atoms with Gasteiger partial charge in [-0.3, -0.25) is 4.90 Å². The van der Waals surface area contributed by atoms with Crippen molar-refractivity contribution in [3.63, 3.8) is 0 Å². The molecule has 3 fully saturated rings. The molecule has 3 aliphatic heterocycles. The first-order valence-corrected chi connectivity index (χ1v) is 8.59. The summed E-state index contributed by atoms with van der Waals surface area (Å²) < 4.78 is 6.24. The average Bonchev–Trinajstić information content (AvgIpc) is 2.63. The number of rotatable bonds is 4. The lowest BCUT2D eigenvalue weighted by atomic mass is 9.86. The molecular formula is C21H23NO. The van der Waals surface area contributed by atoms with E-state index in [0.717, 1.165) is 18.2 Å². The van der Waals surface area contributed by atoms with Crippen LogP contribution in [0, 0.1) is 5.92 Å². The van der Waals surface area contributed by atoms with Crippen LogP contribution in [0.3, 0.4) is 0 Å². The van der Waals surface area contributed by atoms with Crippen LogP contribution in [-0.2, 0) is 0 Å². The highest BCUT2D eigenvalue weighted by atomic mass is 16.5. The third kappa shape index (κ3) is 3.48. The van der Waals surface area contributed by atoms with Gasteiger partial charge in [-0.15, -0.1) is 0 Å². The van der Waals surface area contributed by atoms with Crippen molar-refractivity contribution in [1.29, 1.82) is 0 Å². The first-order chi connectivity index (χ1) is 11.4. The zero-order valence-corrected chi connectivity index (χ0v) is 13.4. The number of fused-ring (bicyclic) bond motifs is 3. The van der Waals surface area contributed by atoms with Gasteiger partial charge in [-0.2, -0.15) is 0 Å². The number of nitrogens with zero attached hydrogens (tertiary/aromatic N) is 1. The van der Waals surface area contributed by atoms with E-state index < -0.39 is 0 Å². The van der Waals surface area contributed by atoms with E-state index >= 15 is 0 Å². The Kier molecular flexibility index (Phi) is 4.16. The first-order valence-electron chi connectivity index (χ1n) is 8.59. The summed E-state index contributed by atoms with van der Waals surface area (Å²) in [5, 5.41) is 0. The minimum atomic E-state index is 0.378. The van der Waals surface area contributed by atoms with Crippen LogP contribution < -0.4 is 4.74 Å². The van der Waals surface area contributed by atoms with E-state index in [9.17, 15) is 0 Å². The van der Waals surface area contributed by atoms with Crippen LogP contribution in [0.25, 0.3) is 12.2 Å². The molecule has 1 unspecified atom stereocenters. The Morgan fingerprint density at radius 2 is 1.48 bits per heavy atom. The van der Waals surface area contributed by atoms with E-state index in [-0.39, 0.29) is 0 Å². The van der Waals surface area contributed by atoms with Crippen LogP contribution in [0.5, 0.6) is 5.75 Å². The molecule has 0 spiro atoms. The van der Waals surface area contributed by atoms with Crippen molar-refractivity contribution < 1.29 is 4.74 Å². The summed E-state index contributed by atoms with van der Waals surface area (Å²) in [6, 6.07) is 18.9. The van der Waals surface area contributed by atoms with E-state index in [1.165, 1.54) is 37.1 Å². The molecule has 2 aromatic carbocycles. The minimum absolute atomic E-state index is 0.378. The number of benzene rings is 2. The Hall–Kier alpha value is -2.06. The van der Waals surface area contributed by atoms with E-state index in [0.29, 0.717) is 6.10 Å². The van der Waals surface area contributed by atoms with Crippen LogP contribution in [0.1, 0.15) is 24.0 Å². The summed E-state index contributed by atoms with van der Waals surface area (Å²) in [5.74, 6) is 1.75. The third-order valence-electron chi connectivity index (χ3n) is 5.03. The molecule has 0 amide bonds. The van der Waals surface area contributed by atoms with Crippen LogP contribution in [0.15, 0.2) is 54.6 Å². The number of piperidine rings is 3. The van der Waals surface area contributed by atoms with Crippen molar-refractivity contribution in [2.75, 3.05) is 19.6 Å². The van der Waals surface area contributed by atoms with Gasteiger partial charge in [-0.1, -0.05) is 54.6 Å². The molecule has 5 rings (SSSR count). The largest absolute Gasteiger partial charge is 0.489 e. The summed E-state index contributed by atoms with van der Waals surface area (Å²) >= 11 is 0. The van der Waals surface area contributed by atoms with Crippen molar-refractivity contribution in [1.82, 2.24) is 4.90 Å². The van der Waals surface area contributed by atoms with Crippen LogP contribution in [0.4, 0.5) is 0 Å². The quantitative estimate of drug-likeness (QED) is 0.780. The maximum absolute atomic E-state index is 6.24. The predicted molar refractivity (Wildman–Crippen MR) is 95.4 cm³/mol. The van der Waals surface area contributed by atoms with Gasteiger partial charge in [0, 0.05) is 6.54 Å². The molecule has 2 aromatic rings. The summed E-state index contributed by atoms with van der Waals surface area (Å²) in [4.78, 5) is 2.53. The van der Waals surface area contributed by atoms with Gasteiger partial charge in [-0.25, -0.2) is 0 Å². The Labute approximate surface area is 138 Å². The first kappa shape index (κ1) is 14.5. The summed E-state index contributed by atoms with van der Waals surface area (Å²) in [5.41, 5.74) is 2.43. The van der Waals surface area contributed by atoms with E-state index in [1.807, 2.05) is 6.07 Å². The van der Waals surface area contributed by atoms with Gasteiger partial charge < -0.3 is 4.74 Å². The summed E-state index contributed by atoms with van der Waals surface area (Å²) in [6.45, 7) is 3.61. The molecule has 0 N–H and O–H groups in total. The standard InChI is InChI=1S/C21H23NO/c1-2-4-17(5-3-1)6-7-18-8-10-20(11-9-18)23-21-16-22-14-12-19(21)13-15-22/h1-11,19,21H,12-16H2/b7-6+. The molecule has 3 saturated heterocycles. The monoisotopic (exact) mass is 305 g/mol. The zero-order chi connectivity index (χ0) is 15.5. The molecule has 0 saturated carbocycles. The van der Waals surface area contributed by atoms with Gasteiger partial charge in [0.15, 0.2) is 0 Å². The second kappa shape index (κ2) is 6.59. The molecule has 0 aliphatic carbocycles. The van der Waals surface area contributed by atoms with Gasteiger partial charge >= 0.3 is 0 Å². The Bertz CT molecular complexity index is 654. The highest BCUT2D eigenvalue weighted by molar-refractivity contribution is 5.69. The predicted octanol–water partition coefficient (Wildman–Crippen LogP) is 4.33. The van der Waals surface area contributed by atoms with Crippen molar-refractivity contribution in [3.8, 4) is 5.75 Å². The van der Waals surface area contributed by atoms with E-state index in [1.54, 1.807) is 0 Å². The molecule has 2 heteroatoms. The lowest BCUT2D eigenvalue weighted by Crippen LogP contribution is -2.52. The topological polar surface area (TPSA) is 12.5 Å². The molecule has 3 heterocycles. The molecule has 0 aromatic heterocycles. The van der Waals surface area contributed by atoms with Gasteiger partial charge in [0.2, 0.25) is 0 Å².